The highest BCUT2D eigenvalue weighted by Crippen LogP contribution is 2.34. The van der Waals surface area contributed by atoms with E-state index < -0.39 is 0 Å². The molecular formula is C13H17BrO. The number of aliphatic hydroxyl groups is 1. The van der Waals surface area contributed by atoms with Gasteiger partial charge >= 0.3 is 0 Å². The van der Waals surface area contributed by atoms with Crippen LogP contribution < -0.4 is 0 Å². The fourth-order valence-electron chi connectivity index (χ4n) is 2.35. The molecule has 2 rings (SSSR count). The van der Waals surface area contributed by atoms with E-state index in [1.54, 1.807) is 0 Å². The van der Waals surface area contributed by atoms with E-state index in [-0.39, 0.29) is 5.60 Å². The van der Waals surface area contributed by atoms with E-state index in [0.717, 1.165) is 30.2 Å². The van der Waals surface area contributed by atoms with Gasteiger partial charge in [-0.25, -0.2) is 0 Å². The first-order valence-corrected chi connectivity index (χ1v) is 6.45. The molecule has 15 heavy (non-hydrogen) atoms. The molecule has 0 heterocycles. The predicted molar refractivity (Wildman–Crippen MR) is 65.9 cm³/mol. The van der Waals surface area contributed by atoms with Gasteiger partial charge in [-0.1, -0.05) is 47.0 Å². The van der Waals surface area contributed by atoms with Crippen molar-refractivity contribution in [1.82, 2.24) is 0 Å². The summed E-state index contributed by atoms with van der Waals surface area (Å²) in [6.07, 6.45) is 6.21. The van der Waals surface area contributed by atoms with Crippen molar-refractivity contribution in [3.63, 3.8) is 0 Å². The Hall–Kier alpha value is -0.340. The Balaban J connectivity index is 1.95. The maximum atomic E-state index is 10.2. The summed E-state index contributed by atoms with van der Waals surface area (Å²) in [6, 6.07) is 8.27. The van der Waals surface area contributed by atoms with Gasteiger partial charge in [0, 0.05) is 4.47 Å². The lowest BCUT2D eigenvalue weighted by Gasteiger charge is -2.22. The van der Waals surface area contributed by atoms with Crippen LogP contribution in [-0.4, -0.2) is 10.7 Å². The molecular weight excluding hydrogens is 252 g/mol. The fourth-order valence-corrected chi connectivity index (χ4v) is 2.83. The molecule has 0 radical (unpaired) electrons. The highest BCUT2D eigenvalue weighted by molar-refractivity contribution is 9.10. The van der Waals surface area contributed by atoms with E-state index in [9.17, 15) is 5.11 Å². The standard InChI is InChI=1S/C13H17BrO/c14-12-6-2-1-5-11(12)7-10-13(15)8-3-4-9-13/h1-2,5-6,15H,3-4,7-10H2. The van der Waals surface area contributed by atoms with Crippen LogP contribution in [0.2, 0.25) is 0 Å². The van der Waals surface area contributed by atoms with Crippen LogP contribution in [0.1, 0.15) is 37.7 Å². The molecule has 0 aliphatic heterocycles. The zero-order chi connectivity index (χ0) is 10.7. The molecule has 1 saturated carbocycles. The molecule has 1 fully saturated rings. The van der Waals surface area contributed by atoms with Crippen molar-refractivity contribution in [3.8, 4) is 0 Å². The van der Waals surface area contributed by atoms with Gasteiger partial charge in [-0.05, 0) is 37.3 Å². The summed E-state index contributed by atoms with van der Waals surface area (Å²) in [5, 5.41) is 10.2. The average Bonchev–Trinajstić information content (AvgIpc) is 2.65. The third-order valence-electron chi connectivity index (χ3n) is 3.35. The lowest BCUT2D eigenvalue weighted by Crippen LogP contribution is -2.24. The molecule has 0 spiro atoms. The maximum Gasteiger partial charge on any atom is 0.0651 e. The molecule has 1 aromatic rings. The summed E-state index contributed by atoms with van der Waals surface area (Å²) in [7, 11) is 0. The Bertz CT molecular complexity index is 329. The Morgan fingerprint density at radius 1 is 1.20 bits per heavy atom. The summed E-state index contributed by atoms with van der Waals surface area (Å²) < 4.78 is 1.16. The van der Waals surface area contributed by atoms with Crippen molar-refractivity contribution in [2.45, 2.75) is 44.1 Å². The van der Waals surface area contributed by atoms with E-state index >= 15 is 0 Å². The molecule has 0 amide bonds. The summed E-state index contributed by atoms with van der Waals surface area (Å²) in [6.45, 7) is 0. The molecule has 0 unspecified atom stereocenters. The summed E-state index contributed by atoms with van der Waals surface area (Å²) >= 11 is 3.54. The van der Waals surface area contributed by atoms with Crippen molar-refractivity contribution in [1.29, 1.82) is 0 Å². The first-order chi connectivity index (χ1) is 7.20. The zero-order valence-corrected chi connectivity index (χ0v) is 10.5. The van der Waals surface area contributed by atoms with Crippen LogP contribution in [0.25, 0.3) is 0 Å². The minimum atomic E-state index is -0.380. The Morgan fingerprint density at radius 3 is 2.53 bits per heavy atom. The van der Waals surface area contributed by atoms with Gasteiger partial charge < -0.3 is 5.11 Å². The maximum absolute atomic E-state index is 10.2. The second-order valence-corrected chi connectivity index (χ2v) is 5.38. The van der Waals surface area contributed by atoms with Crippen LogP contribution >= 0.6 is 15.9 Å². The van der Waals surface area contributed by atoms with Crippen molar-refractivity contribution >= 4 is 15.9 Å². The predicted octanol–water partition coefficient (Wildman–Crippen LogP) is 3.69. The molecule has 0 aromatic heterocycles. The molecule has 1 aromatic carbocycles. The number of hydrogen-bond acceptors (Lipinski definition) is 1. The van der Waals surface area contributed by atoms with Gasteiger partial charge in [0.2, 0.25) is 0 Å². The van der Waals surface area contributed by atoms with Gasteiger partial charge in [0.15, 0.2) is 0 Å². The van der Waals surface area contributed by atoms with Crippen molar-refractivity contribution in [3.05, 3.63) is 34.3 Å². The van der Waals surface area contributed by atoms with Crippen LogP contribution in [0, 0.1) is 0 Å². The van der Waals surface area contributed by atoms with Crippen molar-refractivity contribution < 1.29 is 5.11 Å². The number of benzene rings is 1. The number of halogens is 1. The Kier molecular flexibility index (Phi) is 3.47. The van der Waals surface area contributed by atoms with E-state index in [0.29, 0.717) is 0 Å². The second-order valence-electron chi connectivity index (χ2n) is 4.52. The van der Waals surface area contributed by atoms with Crippen LogP contribution in [0.3, 0.4) is 0 Å². The lowest BCUT2D eigenvalue weighted by atomic mass is 9.93. The minimum absolute atomic E-state index is 0.380. The minimum Gasteiger partial charge on any atom is -0.390 e. The molecule has 1 N–H and O–H groups in total. The van der Waals surface area contributed by atoms with Gasteiger partial charge in [-0.2, -0.15) is 0 Å². The van der Waals surface area contributed by atoms with Gasteiger partial charge in [-0.15, -0.1) is 0 Å². The zero-order valence-electron chi connectivity index (χ0n) is 8.88. The fraction of sp³-hybridized carbons (Fsp3) is 0.538. The third-order valence-corrected chi connectivity index (χ3v) is 4.13. The van der Waals surface area contributed by atoms with E-state index in [2.05, 4.69) is 34.1 Å². The quantitative estimate of drug-likeness (QED) is 0.887. The van der Waals surface area contributed by atoms with Gasteiger partial charge in [0.25, 0.3) is 0 Å². The lowest BCUT2D eigenvalue weighted by molar-refractivity contribution is 0.0391. The van der Waals surface area contributed by atoms with Crippen LogP contribution in [0.15, 0.2) is 28.7 Å². The first kappa shape index (κ1) is 11.2. The van der Waals surface area contributed by atoms with Gasteiger partial charge in [0.05, 0.1) is 5.60 Å². The SMILES string of the molecule is OC1(CCc2ccccc2Br)CCCC1. The third kappa shape index (κ3) is 2.82. The smallest absolute Gasteiger partial charge is 0.0651 e. The van der Waals surface area contributed by atoms with Crippen LogP contribution in [-0.2, 0) is 6.42 Å². The summed E-state index contributed by atoms with van der Waals surface area (Å²) in [4.78, 5) is 0. The number of hydrogen-bond donors (Lipinski definition) is 1. The van der Waals surface area contributed by atoms with E-state index in [1.165, 1.54) is 18.4 Å². The summed E-state index contributed by atoms with van der Waals surface area (Å²) in [5.41, 5.74) is 0.924. The molecule has 1 nitrogen and oxygen atoms in total. The number of aryl methyl sites for hydroxylation is 1. The van der Waals surface area contributed by atoms with E-state index in [4.69, 9.17) is 0 Å². The molecule has 1 aliphatic carbocycles. The number of rotatable bonds is 3. The molecule has 0 saturated heterocycles. The highest BCUT2D eigenvalue weighted by atomic mass is 79.9. The topological polar surface area (TPSA) is 20.2 Å². The molecule has 2 heteroatoms. The largest absolute Gasteiger partial charge is 0.390 e. The van der Waals surface area contributed by atoms with Crippen molar-refractivity contribution in [2.24, 2.45) is 0 Å². The second kappa shape index (κ2) is 4.67. The Morgan fingerprint density at radius 2 is 1.87 bits per heavy atom. The normalized spacial score (nSPS) is 19.3. The van der Waals surface area contributed by atoms with Crippen LogP contribution in [0.5, 0.6) is 0 Å². The monoisotopic (exact) mass is 268 g/mol. The highest BCUT2D eigenvalue weighted by Gasteiger charge is 2.30. The summed E-state index contributed by atoms with van der Waals surface area (Å²) in [5.74, 6) is 0. The van der Waals surface area contributed by atoms with Gasteiger partial charge in [0.1, 0.15) is 0 Å². The first-order valence-electron chi connectivity index (χ1n) is 5.65. The molecule has 82 valence electrons. The molecule has 1 aliphatic rings. The van der Waals surface area contributed by atoms with Gasteiger partial charge in [-0.3, -0.25) is 0 Å². The van der Waals surface area contributed by atoms with Crippen molar-refractivity contribution in [2.75, 3.05) is 0 Å². The molecule has 0 bridgehead atoms. The molecule has 0 atom stereocenters. The van der Waals surface area contributed by atoms with E-state index in [1.807, 2.05) is 6.07 Å². The average molecular weight is 269 g/mol. The Labute approximate surface area is 99.6 Å². The van der Waals surface area contributed by atoms with Crippen LogP contribution in [0.4, 0.5) is 0 Å².